The summed E-state index contributed by atoms with van der Waals surface area (Å²) in [6, 6.07) is 9.57. The molecule has 23 heavy (non-hydrogen) atoms. The van der Waals surface area contributed by atoms with Gasteiger partial charge < -0.3 is 19.3 Å². The molecule has 1 N–H and O–H groups in total. The highest BCUT2D eigenvalue weighted by molar-refractivity contribution is 5.67. The number of benzene rings is 1. The number of hydrogen-bond acceptors (Lipinski definition) is 5. The van der Waals surface area contributed by atoms with E-state index < -0.39 is 11.6 Å². The molecular formula is C17H21NO5. The van der Waals surface area contributed by atoms with Gasteiger partial charge >= 0.3 is 5.97 Å². The van der Waals surface area contributed by atoms with E-state index in [0.29, 0.717) is 51.4 Å². The van der Waals surface area contributed by atoms with E-state index in [1.165, 1.54) is 0 Å². The number of aliphatic carboxylic acids is 1. The van der Waals surface area contributed by atoms with Crippen molar-refractivity contribution < 1.29 is 24.1 Å². The van der Waals surface area contributed by atoms with Gasteiger partial charge in [-0.1, -0.05) is 12.1 Å². The number of carbonyl (C=O) groups is 1. The molecule has 6 nitrogen and oxygen atoms in total. The van der Waals surface area contributed by atoms with E-state index >= 15 is 0 Å². The van der Waals surface area contributed by atoms with Crippen LogP contribution in [0.5, 0.6) is 5.75 Å². The highest BCUT2D eigenvalue weighted by atomic mass is 16.5. The number of carboxylic acids is 1. The Balaban J connectivity index is 1.71. The van der Waals surface area contributed by atoms with E-state index in [-0.39, 0.29) is 6.42 Å². The molecule has 1 fully saturated rings. The lowest BCUT2D eigenvalue weighted by Crippen LogP contribution is -2.38. The molecule has 0 atom stereocenters. The van der Waals surface area contributed by atoms with Gasteiger partial charge in [-0.2, -0.15) is 5.26 Å². The average molecular weight is 319 g/mol. The van der Waals surface area contributed by atoms with Crippen LogP contribution in [0, 0.1) is 11.3 Å². The summed E-state index contributed by atoms with van der Waals surface area (Å²) < 4.78 is 16.5. The summed E-state index contributed by atoms with van der Waals surface area (Å²) in [7, 11) is 0. The summed E-state index contributed by atoms with van der Waals surface area (Å²) in [5.74, 6) is -0.104. The van der Waals surface area contributed by atoms with Crippen molar-refractivity contribution in [2.45, 2.75) is 31.3 Å². The van der Waals surface area contributed by atoms with Gasteiger partial charge in [0.05, 0.1) is 25.9 Å². The maximum Gasteiger partial charge on any atom is 0.303 e. The lowest BCUT2D eigenvalue weighted by molar-refractivity contribution is -0.136. The first-order valence-electron chi connectivity index (χ1n) is 7.70. The molecule has 0 unspecified atom stereocenters. The van der Waals surface area contributed by atoms with Crippen molar-refractivity contribution in [3.8, 4) is 11.8 Å². The number of ether oxygens (including phenoxy) is 3. The van der Waals surface area contributed by atoms with Gasteiger partial charge in [-0.25, -0.2) is 0 Å². The van der Waals surface area contributed by atoms with Crippen LogP contribution in [0.15, 0.2) is 24.3 Å². The maximum atomic E-state index is 10.5. The summed E-state index contributed by atoms with van der Waals surface area (Å²) >= 11 is 0. The predicted molar refractivity (Wildman–Crippen MR) is 82.2 cm³/mol. The van der Waals surface area contributed by atoms with Gasteiger partial charge in [-0.3, -0.25) is 4.79 Å². The molecule has 1 aliphatic heterocycles. The molecule has 0 radical (unpaired) electrons. The maximum absolute atomic E-state index is 10.5. The molecule has 124 valence electrons. The number of nitrogens with zero attached hydrogens (tertiary/aromatic N) is 1. The largest absolute Gasteiger partial charge is 0.491 e. The van der Waals surface area contributed by atoms with E-state index in [1.54, 1.807) is 0 Å². The number of carboxylic acid groups (broad SMARTS) is 1. The van der Waals surface area contributed by atoms with Crippen molar-refractivity contribution in [2.24, 2.45) is 0 Å². The summed E-state index contributed by atoms with van der Waals surface area (Å²) in [5.41, 5.74) is 0.212. The predicted octanol–water partition coefficient (Wildman–Crippen LogP) is 2.17. The second-order valence-electron chi connectivity index (χ2n) is 5.45. The smallest absolute Gasteiger partial charge is 0.303 e. The van der Waals surface area contributed by atoms with E-state index in [1.807, 2.05) is 24.3 Å². The molecule has 1 aromatic carbocycles. The number of hydrogen-bond donors (Lipinski definition) is 1. The van der Waals surface area contributed by atoms with Crippen LogP contribution in [0.2, 0.25) is 0 Å². The van der Waals surface area contributed by atoms with Crippen LogP contribution in [0.1, 0.15) is 24.8 Å². The summed E-state index contributed by atoms with van der Waals surface area (Å²) in [6.07, 6.45) is 1.79. The zero-order chi connectivity index (χ0) is 16.5. The monoisotopic (exact) mass is 319 g/mol. The molecule has 1 heterocycles. The molecule has 1 aliphatic rings. The van der Waals surface area contributed by atoms with Crippen molar-refractivity contribution in [1.29, 1.82) is 5.26 Å². The minimum atomic E-state index is -0.804. The molecule has 1 aromatic rings. The van der Waals surface area contributed by atoms with Crippen LogP contribution < -0.4 is 4.74 Å². The summed E-state index contributed by atoms with van der Waals surface area (Å²) in [4.78, 5) is 10.5. The Morgan fingerprint density at radius 1 is 1.26 bits per heavy atom. The van der Waals surface area contributed by atoms with Crippen molar-refractivity contribution in [1.82, 2.24) is 0 Å². The molecule has 2 rings (SSSR count). The average Bonchev–Trinajstić information content (AvgIpc) is 2.59. The number of aryl methyl sites for hydroxylation is 1. The first-order valence-corrected chi connectivity index (χ1v) is 7.70. The van der Waals surface area contributed by atoms with Gasteiger partial charge in [-0.15, -0.1) is 0 Å². The Bertz CT molecular complexity index is 543. The zero-order valence-corrected chi connectivity index (χ0v) is 13.0. The second-order valence-corrected chi connectivity index (χ2v) is 5.45. The van der Waals surface area contributed by atoms with Crippen molar-refractivity contribution >= 4 is 5.97 Å². The third-order valence-electron chi connectivity index (χ3n) is 3.79. The lowest BCUT2D eigenvalue weighted by Gasteiger charge is -2.30. The van der Waals surface area contributed by atoms with Crippen molar-refractivity contribution in [2.75, 3.05) is 26.4 Å². The third kappa shape index (κ3) is 5.55. The molecule has 0 aliphatic carbocycles. The third-order valence-corrected chi connectivity index (χ3v) is 3.79. The van der Waals surface area contributed by atoms with Crippen LogP contribution in [-0.4, -0.2) is 43.1 Å². The Hall–Kier alpha value is -2.10. The van der Waals surface area contributed by atoms with Crippen molar-refractivity contribution in [3.05, 3.63) is 29.8 Å². The van der Waals surface area contributed by atoms with Gasteiger partial charge in [0, 0.05) is 19.3 Å². The highest BCUT2D eigenvalue weighted by Gasteiger charge is 2.33. The van der Waals surface area contributed by atoms with Crippen LogP contribution >= 0.6 is 0 Å². The fraction of sp³-hybridized carbons (Fsp3) is 0.529. The molecule has 0 amide bonds. The standard InChI is InChI=1S/C17H21NO5/c18-13-17(7-9-21-10-8-17)23-12-11-22-15-4-1-14(2-5-15)3-6-16(19)20/h1-2,4-5H,3,6-12H2,(H,19,20). The van der Waals surface area contributed by atoms with Crippen LogP contribution in [0.25, 0.3) is 0 Å². The van der Waals surface area contributed by atoms with Crippen LogP contribution in [0.4, 0.5) is 0 Å². The Morgan fingerprint density at radius 2 is 1.96 bits per heavy atom. The number of nitriles is 1. The van der Waals surface area contributed by atoms with Gasteiger partial charge in [0.25, 0.3) is 0 Å². The zero-order valence-electron chi connectivity index (χ0n) is 13.0. The van der Waals surface area contributed by atoms with E-state index in [2.05, 4.69) is 6.07 Å². The Morgan fingerprint density at radius 3 is 2.57 bits per heavy atom. The first-order chi connectivity index (χ1) is 11.1. The SMILES string of the molecule is N#CC1(OCCOc2ccc(CCC(=O)O)cc2)CCOCC1. The highest BCUT2D eigenvalue weighted by Crippen LogP contribution is 2.24. The van der Waals surface area contributed by atoms with Crippen LogP contribution in [-0.2, 0) is 20.7 Å². The minimum Gasteiger partial charge on any atom is -0.491 e. The quantitative estimate of drug-likeness (QED) is 0.739. The van der Waals surface area contributed by atoms with E-state index in [0.717, 1.165) is 5.56 Å². The minimum absolute atomic E-state index is 0.119. The summed E-state index contributed by atoms with van der Waals surface area (Å²) in [6.45, 7) is 1.80. The van der Waals surface area contributed by atoms with Crippen molar-refractivity contribution in [3.63, 3.8) is 0 Å². The molecule has 0 bridgehead atoms. The first kappa shape index (κ1) is 17.3. The van der Waals surface area contributed by atoms with Gasteiger partial charge in [-0.05, 0) is 24.1 Å². The van der Waals surface area contributed by atoms with E-state index in [4.69, 9.17) is 19.3 Å². The summed E-state index contributed by atoms with van der Waals surface area (Å²) in [5, 5.41) is 17.9. The fourth-order valence-corrected chi connectivity index (χ4v) is 2.39. The molecule has 1 saturated heterocycles. The fourth-order valence-electron chi connectivity index (χ4n) is 2.39. The number of rotatable bonds is 8. The normalized spacial score (nSPS) is 16.5. The molecule has 0 spiro atoms. The topological polar surface area (TPSA) is 88.8 Å². The van der Waals surface area contributed by atoms with Gasteiger partial charge in [0.15, 0.2) is 5.60 Å². The molecular weight excluding hydrogens is 298 g/mol. The molecule has 6 heteroatoms. The van der Waals surface area contributed by atoms with E-state index in [9.17, 15) is 10.1 Å². The molecule has 0 aromatic heterocycles. The Kier molecular flexibility index (Phi) is 6.39. The second kappa shape index (κ2) is 8.51. The molecule has 0 saturated carbocycles. The van der Waals surface area contributed by atoms with Gasteiger partial charge in [0.1, 0.15) is 12.4 Å². The van der Waals surface area contributed by atoms with Crippen LogP contribution in [0.3, 0.4) is 0 Å². The Labute approximate surface area is 135 Å². The van der Waals surface area contributed by atoms with Gasteiger partial charge in [0.2, 0.25) is 0 Å². The lowest BCUT2D eigenvalue weighted by atomic mass is 9.96.